The fourth-order valence-electron chi connectivity index (χ4n) is 3.87. The molecule has 1 saturated carbocycles. The Morgan fingerprint density at radius 1 is 1.14 bits per heavy atom. The van der Waals surface area contributed by atoms with Crippen LogP contribution in [0.3, 0.4) is 0 Å². The Bertz CT molecular complexity index is 284. The fraction of sp³-hybridized carbons (Fsp3) is 1.00. The van der Waals surface area contributed by atoms with Gasteiger partial charge in [-0.2, -0.15) is 0 Å². The molecule has 0 aliphatic heterocycles. The van der Waals surface area contributed by atoms with E-state index in [1.807, 2.05) is 7.11 Å². The third kappa shape index (κ3) is 6.28. The van der Waals surface area contributed by atoms with Crippen molar-refractivity contribution in [3.8, 4) is 0 Å². The van der Waals surface area contributed by atoms with Crippen LogP contribution < -0.4 is 5.32 Å². The minimum absolute atomic E-state index is 0.372. The van der Waals surface area contributed by atoms with Gasteiger partial charge in [-0.25, -0.2) is 0 Å². The normalized spacial score (nSPS) is 28.9. The summed E-state index contributed by atoms with van der Waals surface area (Å²) in [4.78, 5) is 0. The molecule has 2 heteroatoms. The first-order valence-electron chi connectivity index (χ1n) is 8.92. The molecule has 1 aliphatic carbocycles. The van der Waals surface area contributed by atoms with Gasteiger partial charge in [0.15, 0.2) is 0 Å². The molecule has 21 heavy (non-hydrogen) atoms. The maximum absolute atomic E-state index is 5.57. The summed E-state index contributed by atoms with van der Waals surface area (Å²) in [5.74, 6) is 1.61. The molecule has 1 fully saturated rings. The van der Waals surface area contributed by atoms with Gasteiger partial charge in [-0.05, 0) is 68.2 Å². The van der Waals surface area contributed by atoms with Gasteiger partial charge in [0.25, 0.3) is 0 Å². The van der Waals surface area contributed by atoms with Crippen LogP contribution >= 0.6 is 0 Å². The Morgan fingerprint density at radius 3 is 2.14 bits per heavy atom. The smallest absolute Gasteiger partial charge is 0.0549 e. The van der Waals surface area contributed by atoms with Crippen molar-refractivity contribution < 1.29 is 4.74 Å². The Kier molecular flexibility index (Phi) is 7.19. The highest BCUT2D eigenvalue weighted by molar-refractivity contribution is 4.91. The second-order valence-corrected chi connectivity index (χ2v) is 8.92. The maximum Gasteiger partial charge on any atom is 0.0549 e. The van der Waals surface area contributed by atoms with Crippen LogP contribution in [0.4, 0.5) is 0 Å². The number of methoxy groups -OCH3 is 1. The highest BCUT2D eigenvalue weighted by atomic mass is 16.5. The van der Waals surface area contributed by atoms with Crippen molar-refractivity contribution in [2.24, 2.45) is 22.7 Å². The second kappa shape index (κ2) is 7.97. The highest BCUT2D eigenvalue weighted by Gasteiger charge is 2.39. The van der Waals surface area contributed by atoms with Crippen LogP contribution in [0.1, 0.15) is 73.6 Å². The predicted octanol–water partition coefficient (Wildman–Crippen LogP) is 4.88. The second-order valence-electron chi connectivity index (χ2n) is 8.92. The van der Waals surface area contributed by atoms with Crippen molar-refractivity contribution >= 4 is 0 Å². The molecule has 0 spiro atoms. The van der Waals surface area contributed by atoms with Crippen LogP contribution in [-0.2, 0) is 4.74 Å². The SMILES string of the molecule is COC(C)CC1(CNCC(C)C)CCC(C(C)(C)C)CC1. The van der Waals surface area contributed by atoms with E-state index in [0.29, 0.717) is 16.9 Å². The largest absolute Gasteiger partial charge is 0.382 e. The van der Waals surface area contributed by atoms with Crippen LogP contribution in [0.25, 0.3) is 0 Å². The van der Waals surface area contributed by atoms with Crippen molar-refractivity contribution in [3.63, 3.8) is 0 Å². The third-order valence-corrected chi connectivity index (χ3v) is 5.45. The molecular formula is C19H39NO. The molecule has 0 aromatic rings. The van der Waals surface area contributed by atoms with Crippen molar-refractivity contribution in [2.45, 2.75) is 79.8 Å². The van der Waals surface area contributed by atoms with Gasteiger partial charge in [0, 0.05) is 13.7 Å². The van der Waals surface area contributed by atoms with Crippen LogP contribution in [0.15, 0.2) is 0 Å². The van der Waals surface area contributed by atoms with Crippen molar-refractivity contribution in [2.75, 3.05) is 20.2 Å². The van der Waals surface area contributed by atoms with E-state index in [2.05, 4.69) is 46.9 Å². The van der Waals surface area contributed by atoms with E-state index in [1.54, 1.807) is 0 Å². The molecule has 126 valence electrons. The first kappa shape index (κ1) is 19.0. The maximum atomic E-state index is 5.57. The van der Waals surface area contributed by atoms with Gasteiger partial charge in [-0.1, -0.05) is 34.6 Å². The van der Waals surface area contributed by atoms with Gasteiger partial charge in [0.2, 0.25) is 0 Å². The van der Waals surface area contributed by atoms with Crippen molar-refractivity contribution in [1.82, 2.24) is 5.32 Å². The van der Waals surface area contributed by atoms with Gasteiger partial charge >= 0.3 is 0 Å². The van der Waals surface area contributed by atoms with E-state index in [0.717, 1.165) is 24.9 Å². The van der Waals surface area contributed by atoms with Crippen LogP contribution in [0.5, 0.6) is 0 Å². The lowest BCUT2D eigenvalue weighted by Gasteiger charge is -2.45. The Balaban J connectivity index is 2.62. The summed E-state index contributed by atoms with van der Waals surface area (Å²) in [5, 5.41) is 3.72. The Morgan fingerprint density at radius 2 is 1.71 bits per heavy atom. The summed E-state index contributed by atoms with van der Waals surface area (Å²) in [7, 11) is 1.85. The lowest BCUT2D eigenvalue weighted by molar-refractivity contribution is 0.0212. The molecular weight excluding hydrogens is 258 g/mol. The first-order valence-corrected chi connectivity index (χ1v) is 8.92. The van der Waals surface area contributed by atoms with Crippen LogP contribution in [0, 0.1) is 22.7 Å². The monoisotopic (exact) mass is 297 g/mol. The van der Waals surface area contributed by atoms with E-state index in [9.17, 15) is 0 Å². The first-order chi connectivity index (χ1) is 9.68. The summed E-state index contributed by atoms with van der Waals surface area (Å²) in [6.45, 7) is 16.3. The lowest BCUT2D eigenvalue weighted by atomic mass is 9.62. The number of hydrogen-bond acceptors (Lipinski definition) is 2. The van der Waals surface area contributed by atoms with E-state index >= 15 is 0 Å². The molecule has 1 N–H and O–H groups in total. The predicted molar refractivity (Wildman–Crippen MR) is 92.6 cm³/mol. The minimum atomic E-state index is 0.372. The van der Waals surface area contributed by atoms with Gasteiger partial charge in [-0.3, -0.25) is 0 Å². The molecule has 0 bridgehead atoms. The standard InChI is InChI=1S/C19H39NO/c1-15(2)13-20-14-19(12-16(3)21-7)10-8-17(9-11-19)18(4,5)6/h15-17,20H,8-14H2,1-7H3. The fourth-order valence-corrected chi connectivity index (χ4v) is 3.87. The van der Waals surface area contributed by atoms with E-state index < -0.39 is 0 Å². The molecule has 2 nitrogen and oxygen atoms in total. The summed E-state index contributed by atoms with van der Waals surface area (Å²) in [5.41, 5.74) is 0.913. The molecule has 0 aromatic carbocycles. The van der Waals surface area contributed by atoms with Crippen LogP contribution in [-0.4, -0.2) is 26.3 Å². The summed E-state index contributed by atoms with van der Waals surface area (Å²) < 4.78 is 5.57. The quantitative estimate of drug-likeness (QED) is 0.723. The molecule has 0 heterocycles. The zero-order chi connectivity index (χ0) is 16.1. The molecule has 0 amide bonds. The molecule has 1 aliphatic rings. The van der Waals surface area contributed by atoms with E-state index in [1.165, 1.54) is 32.1 Å². The topological polar surface area (TPSA) is 21.3 Å². The van der Waals surface area contributed by atoms with Crippen molar-refractivity contribution in [3.05, 3.63) is 0 Å². The Labute approximate surface area is 133 Å². The van der Waals surface area contributed by atoms with E-state index in [-0.39, 0.29) is 0 Å². The molecule has 1 unspecified atom stereocenters. The molecule has 1 rings (SSSR count). The van der Waals surface area contributed by atoms with E-state index in [4.69, 9.17) is 4.74 Å². The molecule has 0 radical (unpaired) electrons. The molecule has 1 atom stereocenters. The average Bonchev–Trinajstić information content (AvgIpc) is 2.37. The number of hydrogen-bond donors (Lipinski definition) is 1. The van der Waals surface area contributed by atoms with Gasteiger partial charge < -0.3 is 10.1 Å². The number of ether oxygens (including phenoxy) is 1. The zero-order valence-corrected chi connectivity index (χ0v) is 15.6. The summed E-state index contributed by atoms with van der Waals surface area (Å²) in [6.07, 6.45) is 7.04. The summed E-state index contributed by atoms with van der Waals surface area (Å²) >= 11 is 0. The molecule has 0 saturated heterocycles. The van der Waals surface area contributed by atoms with Gasteiger partial charge in [0.1, 0.15) is 0 Å². The van der Waals surface area contributed by atoms with Crippen molar-refractivity contribution in [1.29, 1.82) is 0 Å². The average molecular weight is 298 g/mol. The highest BCUT2D eigenvalue weighted by Crippen LogP contribution is 2.47. The number of rotatable bonds is 7. The summed E-state index contributed by atoms with van der Waals surface area (Å²) in [6, 6.07) is 0. The lowest BCUT2D eigenvalue weighted by Crippen LogP contribution is -2.42. The zero-order valence-electron chi connectivity index (χ0n) is 15.6. The molecule has 0 aromatic heterocycles. The Hall–Kier alpha value is -0.0800. The minimum Gasteiger partial charge on any atom is -0.382 e. The van der Waals surface area contributed by atoms with Gasteiger partial charge in [0.05, 0.1) is 6.10 Å². The number of nitrogens with one attached hydrogen (secondary N) is 1. The van der Waals surface area contributed by atoms with Gasteiger partial charge in [-0.15, -0.1) is 0 Å². The third-order valence-electron chi connectivity index (χ3n) is 5.45. The van der Waals surface area contributed by atoms with Crippen LogP contribution in [0.2, 0.25) is 0 Å².